The molecule has 2 rings (SSSR count). The van der Waals surface area contributed by atoms with Gasteiger partial charge in [-0.1, -0.05) is 13.8 Å². The zero-order valence-electron chi connectivity index (χ0n) is 13.2. The van der Waals surface area contributed by atoms with Gasteiger partial charge in [0.15, 0.2) is 0 Å². The van der Waals surface area contributed by atoms with Crippen molar-refractivity contribution in [2.24, 2.45) is 0 Å². The van der Waals surface area contributed by atoms with Gasteiger partial charge in [-0.25, -0.2) is 4.98 Å². The third kappa shape index (κ3) is 4.70. The van der Waals surface area contributed by atoms with Crippen molar-refractivity contribution < 1.29 is 4.79 Å². The van der Waals surface area contributed by atoms with E-state index in [1.807, 2.05) is 12.1 Å². The van der Waals surface area contributed by atoms with Gasteiger partial charge in [0.05, 0.1) is 5.56 Å². The van der Waals surface area contributed by atoms with Crippen molar-refractivity contribution in [1.29, 1.82) is 0 Å². The molecular weight excluding hydrogens is 264 g/mol. The molecule has 5 heteroatoms. The highest BCUT2D eigenvalue weighted by atomic mass is 16.1. The molecule has 1 heterocycles. The molecule has 0 radical (unpaired) electrons. The third-order valence-corrected chi connectivity index (χ3v) is 3.95. The lowest BCUT2D eigenvalue weighted by atomic mass is 10.2. The van der Waals surface area contributed by atoms with Crippen molar-refractivity contribution >= 4 is 11.7 Å². The van der Waals surface area contributed by atoms with E-state index in [-0.39, 0.29) is 5.91 Å². The largest absolute Gasteiger partial charge is 0.367 e. The molecule has 1 fully saturated rings. The average Bonchev–Trinajstić information content (AvgIpc) is 3.31. The van der Waals surface area contributed by atoms with Crippen LogP contribution in [-0.4, -0.2) is 47.5 Å². The zero-order chi connectivity index (χ0) is 15.2. The van der Waals surface area contributed by atoms with Gasteiger partial charge in [-0.2, -0.15) is 0 Å². The van der Waals surface area contributed by atoms with Crippen molar-refractivity contribution in [3.05, 3.63) is 23.9 Å². The minimum absolute atomic E-state index is 0.0560. The Bertz CT molecular complexity index is 452. The topological polar surface area (TPSA) is 57.3 Å². The molecule has 0 saturated heterocycles. The normalized spacial score (nSPS) is 15.8. The number of aromatic nitrogens is 1. The average molecular weight is 290 g/mol. The van der Waals surface area contributed by atoms with Crippen LogP contribution in [0.3, 0.4) is 0 Å². The van der Waals surface area contributed by atoms with Gasteiger partial charge in [-0.05, 0) is 45.0 Å². The fraction of sp³-hybridized carbons (Fsp3) is 0.625. The fourth-order valence-electron chi connectivity index (χ4n) is 2.37. The molecule has 5 nitrogen and oxygen atoms in total. The summed E-state index contributed by atoms with van der Waals surface area (Å²) in [5.74, 6) is 0.796. The molecule has 1 saturated carbocycles. The van der Waals surface area contributed by atoms with E-state index in [0.29, 0.717) is 24.2 Å². The summed E-state index contributed by atoms with van der Waals surface area (Å²) in [6.45, 7) is 9.05. The van der Waals surface area contributed by atoms with Gasteiger partial charge in [0.25, 0.3) is 5.91 Å². The van der Waals surface area contributed by atoms with Crippen molar-refractivity contribution in [1.82, 2.24) is 15.2 Å². The molecular formula is C16H26N4O. The molecule has 1 amide bonds. The van der Waals surface area contributed by atoms with Crippen LogP contribution in [0, 0.1) is 0 Å². The summed E-state index contributed by atoms with van der Waals surface area (Å²) in [4.78, 5) is 18.7. The van der Waals surface area contributed by atoms with Crippen LogP contribution < -0.4 is 10.6 Å². The van der Waals surface area contributed by atoms with Crippen LogP contribution in [0.25, 0.3) is 0 Å². The van der Waals surface area contributed by atoms with Crippen LogP contribution in [0.1, 0.15) is 44.0 Å². The number of rotatable bonds is 8. The summed E-state index contributed by atoms with van der Waals surface area (Å²) in [6.07, 6.45) is 4.07. The summed E-state index contributed by atoms with van der Waals surface area (Å²) in [5, 5.41) is 6.29. The highest BCUT2D eigenvalue weighted by Crippen LogP contribution is 2.23. The van der Waals surface area contributed by atoms with Crippen molar-refractivity contribution in [3.63, 3.8) is 0 Å². The number of hydrogen-bond donors (Lipinski definition) is 2. The summed E-state index contributed by atoms with van der Waals surface area (Å²) in [5.41, 5.74) is 0.614. The van der Waals surface area contributed by atoms with E-state index in [1.54, 1.807) is 6.20 Å². The Morgan fingerprint density at radius 2 is 2.10 bits per heavy atom. The second-order valence-electron chi connectivity index (χ2n) is 5.63. The lowest BCUT2D eigenvalue weighted by molar-refractivity contribution is 0.0937. The summed E-state index contributed by atoms with van der Waals surface area (Å²) < 4.78 is 0. The van der Waals surface area contributed by atoms with Crippen molar-refractivity contribution in [2.75, 3.05) is 25.0 Å². The van der Waals surface area contributed by atoms with E-state index in [9.17, 15) is 4.79 Å². The van der Waals surface area contributed by atoms with Crippen LogP contribution in [0.15, 0.2) is 18.3 Å². The number of likely N-dealkylation sites (N-methyl/N-ethyl adjacent to an activating group) is 1. The number of hydrogen-bond acceptors (Lipinski definition) is 4. The first-order chi connectivity index (χ1) is 10.1. The molecule has 1 aromatic heterocycles. The Balaban J connectivity index is 1.82. The Morgan fingerprint density at radius 3 is 2.62 bits per heavy atom. The quantitative estimate of drug-likeness (QED) is 0.770. The Labute approximate surface area is 127 Å². The van der Waals surface area contributed by atoms with Gasteiger partial charge < -0.3 is 10.6 Å². The number of carbonyl (C=O) groups is 1. The number of anilines is 1. The monoisotopic (exact) mass is 290 g/mol. The first-order valence-corrected chi connectivity index (χ1v) is 7.88. The second-order valence-corrected chi connectivity index (χ2v) is 5.63. The van der Waals surface area contributed by atoms with E-state index < -0.39 is 0 Å². The van der Waals surface area contributed by atoms with Gasteiger partial charge in [0.2, 0.25) is 0 Å². The number of pyridine rings is 1. The fourth-order valence-corrected chi connectivity index (χ4v) is 2.37. The van der Waals surface area contributed by atoms with Crippen LogP contribution in [0.5, 0.6) is 0 Å². The van der Waals surface area contributed by atoms with Gasteiger partial charge in [0, 0.05) is 24.8 Å². The highest BCUT2D eigenvalue weighted by Gasteiger charge is 2.21. The van der Waals surface area contributed by atoms with E-state index in [4.69, 9.17) is 0 Å². The molecule has 1 aliphatic rings. The lowest BCUT2D eigenvalue weighted by Crippen LogP contribution is -2.42. The molecule has 116 valence electrons. The highest BCUT2D eigenvalue weighted by molar-refractivity contribution is 5.94. The van der Waals surface area contributed by atoms with Crippen LogP contribution >= 0.6 is 0 Å². The number of amides is 1. The number of carbonyl (C=O) groups excluding carboxylic acids is 1. The predicted octanol–water partition coefficient (Wildman–Crippen LogP) is 2.12. The molecule has 0 spiro atoms. The van der Waals surface area contributed by atoms with Gasteiger partial charge in [0.1, 0.15) is 5.82 Å². The summed E-state index contributed by atoms with van der Waals surface area (Å²) in [6, 6.07) is 4.62. The van der Waals surface area contributed by atoms with Crippen molar-refractivity contribution in [3.8, 4) is 0 Å². The van der Waals surface area contributed by atoms with Crippen LogP contribution in [-0.2, 0) is 0 Å². The molecule has 2 N–H and O–H groups in total. The SMILES string of the molecule is CCN(CC)C(C)CNC(=O)c1ccc(NC2CC2)nc1. The zero-order valence-corrected chi connectivity index (χ0v) is 13.2. The predicted molar refractivity (Wildman–Crippen MR) is 85.6 cm³/mol. The van der Waals surface area contributed by atoms with E-state index >= 15 is 0 Å². The van der Waals surface area contributed by atoms with E-state index in [2.05, 4.69) is 41.3 Å². The Kier molecular flexibility index (Phi) is 5.56. The first kappa shape index (κ1) is 15.8. The molecule has 0 aliphatic heterocycles. The Morgan fingerprint density at radius 1 is 1.38 bits per heavy atom. The first-order valence-electron chi connectivity index (χ1n) is 7.88. The summed E-state index contributed by atoms with van der Waals surface area (Å²) in [7, 11) is 0. The molecule has 21 heavy (non-hydrogen) atoms. The van der Waals surface area contributed by atoms with E-state index in [0.717, 1.165) is 18.9 Å². The molecule has 1 aromatic rings. The number of nitrogens with zero attached hydrogens (tertiary/aromatic N) is 2. The van der Waals surface area contributed by atoms with Crippen LogP contribution in [0.4, 0.5) is 5.82 Å². The molecule has 0 bridgehead atoms. The maximum atomic E-state index is 12.1. The molecule has 1 atom stereocenters. The van der Waals surface area contributed by atoms with Crippen LogP contribution in [0.2, 0.25) is 0 Å². The van der Waals surface area contributed by atoms with E-state index in [1.165, 1.54) is 12.8 Å². The lowest BCUT2D eigenvalue weighted by Gasteiger charge is -2.26. The van der Waals surface area contributed by atoms with Gasteiger partial charge in [-0.15, -0.1) is 0 Å². The minimum atomic E-state index is -0.0560. The third-order valence-electron chi connectivity index (χ3n) is 3.95. The number of nitrogens with one attached hydrogen (secondary N) is 2. The molecule has 1 aliphatic carbocycles. The van der Waals surface area contributed by atoms with Gasteiger partial charge >= 0.3 is 0 Å². The molecule has 1 unspecified atom stereocenters. The maximum absolute atomic E-state index is 12.1. The second kappa shape index (κ2) is 7.41. The molecule has 0 aromatic carbocycles. The van der Waals surface area contributed by atoms with Crippen molar-refractivity contribution in [2.45, 2.75) is 45.7 Å². The standard InChI is InChI=1S/C16H26N4O/c1-4-20(5-2)12(3)10-18-16(21)13-6-9-15(17-11-13)19-14-7-8-14/h6,9,11-12,14H,4-5,7-8,10H2,1-3H3,(H,17,19)(H,18,21). The van der Waals surface area contributed by atoms with Gasteiger partial charge in [-0.3, -0.25) is 9.69 Å². The maximum Gasteiger partial charge on any atom is 0.252 e. The minimum Gasteiger partial charge on any atom is -0.367 e. The summed E-state index contributed by atoms with van der Waals surface area (Å²) >= 11 is 0. The Hall–Kier alpha value is -1.62. The smallest absolute Gasteiger partial charge is 0.252 e.